The molecular weight excluding hydrogens is 414 g/mol. The number of carbonyl (C=O) groups is 1. The van der Waals surface area contributed by atoms with Gasteiger partial charge in [-0.15, -0.1) is 0 Å². The van der Waals surface area contributed by atoms with Crippen molar-refractivity contribution in [1.29, 1.82) is 0 Å². The smallest absolute Gasteiger partial charge is 0.272 e. The van der Waals surface area contributed by atoms with Gasteiger partial charge in [0, 0.05) is 25.7 Å². The van der Waals surface area contributed by atoms with Crippen LogP contribution < -0.4 is 4.74 Å². The molecule has 0 bridgehead atoms. The Balaban J connectivity index is 1.45. The van der Waals surface area contributed by atoms with E-state index in [0.29, 0.717) is 37.4 Å². The zero-order valence-electron chi connectivity index (χ0n) is 17.6. The molecule has 1 aliphatic heterocycles. The van der Waals surface area contributed by atoms with Gasteiger partial charge in [0.25, 0.3) is 5.91 Å². The highest BCUT2D eigenvalue weighted by molar-refractivity contribution is 7.92. The molecule has 0 saturated carbocycles. The molecule has 1 aromatic heterocycles. The first-order valence-corrected chi connectivity index (χ1v) is 11.7. The maximum atomic E-state index is 13.1. The van der Waals surface area contributed by atoms with Gasteiger partial charge in [-0.25, -0.2) is 8.42 Å². The summed E-state index contributed by atoms with van der Waals surface area (Å²) >= 11 is 0. The van der Waals surface area contributed by atoms with Crippen LogP contribution in [0.4, 0.5) is 0 Å². The van der Waals surface area contributed by atoms with Gasteiger partial charge in [0.15, 0.2) is 9.84 Å². The van der Waals surface area contributed by atoms with Crippen molar-refractivity contribution in [2.75, 3.05) is 20.2 Å². The minimum Gasteiger partial charge on any atom is -0.497 e. The lowest BCUT2D eigenvalue weighted by Crippen LogP contribution is -2.43. The Labute approximate surface area is 182 Å². The van der Waals surface area contributed by atoms with Gasteiger partial charge in [-0.05, 0) is 43.2 Å². The summed E-state index contributed by atoms with van der Waals surface area (Å²) in [5, 5.41) is 3.96. The minimum absolute atomic E-state index is 0.127. The van der Waals surface area contributed by atoms with Crippen LogP contribution >= 0.6 is 0 Å². The van der Waals surface area contributed by atoms with Crippen LogP contribution in [0.2, 0.25) is 0 Å². The zero-order valence-corrected chi connectivity index (χ0v) is 18.4. The molecular formula is C23H25N3O4S. The van der Waals surface area contributed by atoms with Gasteiger partial charge < -0.3 is 9.64 Å². The SMILES string of the molecule is COc1ccc(S(=O)(=O)C2CCN(C(=O)c3cc(-c4ccccc4)nn3C)CC2)cc1. The number of rotatable bonds is 5. The van der Waals surface area contributed by atoms with Crippen molar-refractivity contribution in [3.05, 3.63) is 66.4 Å². The number of ether oxygens (including phenoxy) is 1. The first kappa shape index (κ1) is 21.1. The fraction of sp³-hybridized carbons (Fsp3) is 0.304. The number of sulfone groups is 1. The van der Waals surface area contributed by atoms with Crippen molar-refractivity contribution < 1.29 is 17.9 Å². The van der Waals surface area contributed by atoms with E-state index in [1.54, 1.807) is 54.1 Å². The molecule has 0 radical (unpaired) electrons. The molecule has 2 aromatic carbocycles. The van der Waals surface area contributed by atoms with Crippen molar-refractivity contribution in [3.63, 3.8) is 0 Å². The molecule has 0 unspecified atom stereocenters. The molecule has 8 heteroatoms. The average Bonchev–Trinajstić information content (AvgIpc) is 3.21. The maximum Gasteiger partial charge on any atom is 0.272 e. The lowest BCUT2D eigenvalue weighted by atomic mass is 10.1. The van der Waals surface area contributed by atoms with Crippen molar-refractivity contribution in [2.45, 2.75) is 23.0 Å². The topological polar surface area (TPSA) is 81.5 Å². The van der Waals surface area contributed by atoms with Gasteiger partial charge in [0.1, 0.15) is 11.4 Å². The predicted molar refractivity (Wildman–Crippen MR) is 118 cm³/mol. The average molecular weight is 440 g/mol. The van der Waals surface area contributed by atoms with Crippen LogP contribution in [0, 0.1) is 0 Å². The third kappa shape index (κ3) is 4.20. The Bertz CT molecular complexity index is 1160. The van der Waals surface area contributed by atoms with Gasteiger partial charge in [0.05, 0.1) is 22.9 Å². The van der Waals surface area contributed by atoms with Crippen molar-refractivity contribution >= 4 is 15.7 Å². The standard InChI is InChI=1S/C23H25N3O4S/c1-25-22(16-21(24-25)17-6-4-3-5-7-17)23(27)26-14-12-20(13-15-26)31(28,29)19-10-8-18(30-2)9-11-19/h3-11,16,20H,12-15H2,1-2H3. The Hall–Kier alpha value is -3.13. The number of aromatic nitrogens is 2. The van der Waals surface area contributed by atoms with E-state index in [1.165, 1.54) is 0 Å². The van der Waals surface area contributed by atoms with Crippen molar-refractivity contribution in [1.82, 2.24) is 14.7 Å². The number of methoxy groups -OCH3 is 1. The van der Waals surface area contributed by atoms with E-state index >= 15 is 0 Å². The number of aryl methyl sites for hydroxylation is 1. The summed E-state index contributed by atoms with van der Waals surface area (Å²) in [4.78, 5) is 15.1. The normalized spacial score (nSPS) is 15.1. The third-order valence-corrected chi connectivity index (χ3v) is 8.00. The Morgan fingerprint density at radius 3 is 2.29 bits per heavy atom. The van der Waals surface area contributed by atoms with Gasteiger partial charge in [0.2, 0.25) is 0 Å². The molecule has 1 amide bonds. The quantitative estimate of drug-likeness (QED) is 0.610. The Morgan fingerprint density at radius 1 is 1.03 bits per heavy atom. The fourth-order valence-electron chi connectivity index (χ4n) is 3.91. The zero-order chi connectivity index (χ0) is 22.0. The van der Waals surface area contributed by atoms with Crippen LogP contribution in [0.1, 0.15) is 23.3 Å². The molecule has 0 N–H and O–H groups in total. The lowest BCUT2D eigenvalue weighted by molar-refractivity contribution is 0.0714. The summed E-state index contributed by atoms with van der Waals surface area (Å²) in [7, 11) is -0.158. The highest BCUT2D eigenvalue weighted by Gasteiger charge is 2.33. The Kier molecular flexibility index (Phi) is 5.82. The molecule has 1 fully saturated rings. The van der Waals surface area contributed by atoms with Gasteiger partial charge >= 0.3 is 0 Å². The molecule has 7 nitrogen and oxygen atoms in total. The summed E-state index contributed by atoms with van der Waals surface area (Å²) in [5.74, 6) is 0.489. The first-order chi connectivity index (χ1) is 14.9. The molecule has 2 heterocycles. The summed E-state index contributed by atoms with van der Waals surface area (Å²) in [6.07, 6.45) is 0.812. The molecule has 4 rings (SSSR count). The van der Waals surface area contributed by atoms with Crippen LogP contribution in [0.3, 0.4) is 0 Å². The summed E-state index contributed by atoms with van der Waals surface area (Å²) in [6, 6.07) is 17.9. The van der Waals surface area contributed by atoms with Crippen molar-refractivity contribution in [2.24, 2.45) is 7.05 Å². The number of nitrogens with zero attached hydrogens (tertiary/aromatic N) is 3. The van der Waals surface area contributed by atoms with E-state index < -0.39 is 15.1 Å². The van der Waals surface area contributed by atoms with Gasteiger partial charge in [-0.2, -0.15) is 5.10 Å². The largest absolute Gasteiger partial charge is 0.497 e. The molecule has 0 atom stereocenters. The second kappa shape index (κ2) is 8.55. The number of carbonyl (C=O) groups excluding carboxylic acids is 1. The number of piperidine rings is 1. The molecule has 3 aromatic rings. The van der Waals surface area contributed by atoms with Crippen LogP contribution in [-0.4, -0.2) is 54.5 Å². The third-order valence-electron chi connectivity index (χ3n) is 5.72. The van der Waals surface area contributed by atoms with E-state index in [9.17, 15) is 13.2 Å². The highest BCUT2D eigenvalue weighted by atomic mass is 32.2. The highest BCUT2D eigenvalue weighted by Crippen LogP contribution is 2.27. The fourth-order valence-corrected chi connectivity index (χ4v) is 5.64. The number of likely N-dealkylation sites (tertiary alicyclic amines) is 1. The van der Waals surface area contributed by atoms with Crippen LogP contribution in [0.5, 0.6) is 5.75 Å². The summed E-state index contributed by atoms with van der Waals surface area (Å²) in [6.45, 7) is 0.787. The second-order valence-corrected chi connectivity index (χ2v) is 9.84. The number of benzene rings is 2. The summed E-state index contributed by atoms with van der Waals surface area (Å²) in [5.41, 5.74) is 2.18. The predicted octanol–water partition coefficient (Wildman–Crippen LogP) is 3.17. The lowest BCUT2D eigenvalue weighted by Gasteiger charge is -2.31. The van der Waals surface area contributed by atoms with E-state index in [-0.39, 0.29) is 10.8 Å². The number of hydrogen-bond donors (Lipinski definition) is 0. The van der Waals surface area contributed by atoms with Crippen LogP contribution in [-0.2, 0) is 16.9 Å². The molecule has 0 spiro atoms. The van der Waals surface area contributed by atoms with Gasteiger partial charge in [-0.1, -0.05) is 30.3 Å². The minimum atomic E-state index is -3.45. The van der Waals surface area contributed by atoms with Crippen molar-refractivity contribution in [3.8, 4) is 17.0 Å². The van der Waals surface area contributed by atoms with E-state index in [0.717, 1.165) is 11.3 Å². The molecule has 31 heavy (non-hydrogen) atoms. The van der Waals surface area contributed by atoms with Crippen LogP contribution in [0.25, 0.3) is 11.3 Å². The molecule has 162 valence electrons. The number of hydrogen-bond acceptors (Lipinski definition) is 5. The molecule has 1 aliphatic rings. The number of amides is 1. The van der Waals surface area contributed by atoms with Gasteiger partial charge in [-0.3, -0.25) is 9.48 Å². The molecule has 1 saturated heterocycles. The second-order valence-electron chi connectivity index (χ2n) is 7.62. The Morgan fingerprint density at radius 2 is 1.68 bits per heavy atom. The maximum absolute atomic E-state index is 13.1. The van der Waals surface area contributed by atoms with E-state index in [2.05, 4.69) is 5.10 Å². The van der Waals surface area contributed by atoms with E-state index in [4.69, 9.17) is 4.74 Å². The first-order valence-electron chi connectivity index (χ1n) is 10.2. The summed E-state index contributed by atoms with van der Waals surface area (Å²) < 4.78 is 32.7. The van der Waals surface area contributed by atoms with E-state index in [1.807, 2.05) is 30.3 Å². The monoisotopic (exact) mass is 439 g/mol. The molecule has 0 aliphatic carbocycles. The van der Waals surface area contributed by atoms with Crippen LogP contribution in [0.15, 0.2) is 65.6 Å².